The summed E-state index contributed by atoms with van der Waals surface area (Å²) in [6, 6.07) is 3.43. The van der Waals surface area contributed by atoms with Gasteiger partial charge in [0.1, 0.15) is 22.9 Å². The van der Waals surface area contributed by atoms with Gasteiger partial charge in [-0.3, -0.25) is 0 Å². The molecule has 37 heavy (non-hydrogen) atoms. The van der Waals surface area contributed by atoms with Crippen molar-refractivity contribution in [2.75, 3.05) is 0 Å². The molecule has 2 saturated carbocycles. The molecule has 0 radical (unpaired) electrons. The highest BCUT2D eigenvalue weighted by Crippen LogP contribution is 2.47. The Kier molecular flexibility index (Phi) is 7.77. The van der Waals surface area contributed by atoms with Crippen LogP contribution in [0.3, 0.4) is 0 Å². The lowest BCUT2D eigenvalue weighted by Crippen LogP contribution is -2.38. The van der Waals surface area contributed by atoms with Crippen molar-refractivity contribution in [2.45, 2.75) is 76.5 Å². The summed E-state index contributed by atoms with van der Waals surface area (Å²) < 4.78 is 128. The molecule has 2 aliphatic carbocycles. The van der Waals surface area contributed by atoms with E-state index < -0.39 is 52.8 Å². The standard InChI is InChI=1S/C27H27F9O/c1-14-2-11-20(25(31)24(14)30)17-5-3-15(4-6-17)16-7-9-18(10-8-16)27(35,36)37-19-12-21(28)23(22(29)13-19)26(32,33)34/h2,11-13,15-18H,3-10H2,1H3. The van der Waals surface area contributed by atoms with Crippen molar-refractivity contribution in [2.24, 2.45) is 17.8 Å². The largest absolute Gasteiger partial charge is 0.432 e. The number of aryl methyl sites for hydroxylation is 1. The Morgan fingerprint density at radius 1 is 0.703 bits per heavy atom. The van der Waals surface area contributed by atoms with Crippen LogP contribution < -0.4 is 4.74 Å². The van der Waals surface area contributed by atoms with Crippen LogP contribution in [0.4, 0.5) is 39.5 Å². The molecule has 1 nitrogen and oxygen atoms in total. The lowest BCUT2D eigenvalue weighted by Gasteiger charge is -2.39. The lowest BCUT2D eigenvalue weighted by molar-refractivity contribution is -0.224. The van der Waals surface area contributed by atoms with Crippen LogP contribution in [0.15, 0.2) is 24.3 Å². The highest BCUT2D eigenvalue weighted by Gasteiger charge is 2.46. The van der Waals surface area contributed by atoms with Gasteiger partial charge in [-0.2, -0.15) is 22.0 Å². The van der Waals surface area contributed by atoms with Gasteiger partial charge in [0.25, 0.3) is 0 Å². The van der Waals surface area contributed by atoms with E-state index >= 15 is 0 Å². The molecule has 0 atom stereocenters. The molecule has 0 bridgehead atoms. The predicted octanol–water partition coefficient (Wildman–Crippen LogP) is 9.32. The SMILES string of the molecule is Cc1ccc(C2CCC(C3CCC(C(F)(F)Oc4cc(F)c(C(F)(F)F)c(F)c4)CC3)CC2)c(F)c1F. The molecule has 2 aromatic rings. The Hall–Kier alpha value is -2.39. The highest BCUT2D eigenvalue weighted by molar-refractivity contribution is 5.32. The number of benzene rings is 2. The zero-order chi connectivity index (χ0) is 27.1. The third-order valence-corrected chi connectivity index (χ3v) is 7.98. The fourth-order valence-electron chi connectivity index (χ4n) is 5.92. The van der Waals surface area contributed by atoms with Crippen molar-refractivity contribution in [3.8, 4) is 5.75 Å². The quantitative estimate of drug-likeness (QED) is 0.345. The van der Waals surface area contributed by atoms with Crippen LogP contribution in [-0.2, 0) is 6.18 Å². The van der Waals surface area contributed by atoms with Gasteiger partial charge in [-0.1, -0.05) is 12.1 Å². The third-order valence-electron chi connectivity index (χ3n) is 7.98. The van der Waals surface area contributed by atoms with E-state index in [-0.39, 0.29) is 48.3 Å². The van der Waals surface area contributed by atoms with E-state index in [9.17, 15) is 39.5 Å². The number of halogens is 9. The summed E-state index contributed by atoms with van der Waals surface area (Å²) in [7, 11) is 0. The first-order chi connectivity index (χ1) is 17.3. The normalized spacial score (nSPS) is 25.2. The second-order valence-corrected chi connectivity index (χ2v) is 10.2. The maximum absolute atomic E-state index is 14.7. The zero-order valence-corrected chi connectivity index (χ0v) is 20.1. The molecule has 204 valence electrons. The number of alkyl halides is 5. The summed E-state index contributed by atoms with van der Waals surface area (Å²) in [6.45, 7) is 1.50. The van der Waals surface area contributed by atoms with Crippen molar-refractivity contribution >= 4 is 0 Å². The van der Waals surface area contributed by atoms with Crippen molar-refractivity contribution in [3.63, 3.8) is 0 Å². The molecule has 4 rings (SSSR count). The molecule has 10 heteroatoms. The Bertz CT molecular complexity index is 1090. The molecule has 0 saturated heterocycles. The summed E-state index contributed by atoms with van der Waals surface area (Å²) in [6.07, 6.45) is -5.11. The summed E-state index contributed by atoms with van der Waals surface area (Å²) in [5, 5.41) is 0. The molecule has 0 heterocycles. The van der Waals surface area contributed by atoms with Crippen molar-refractivity contribution < 1.29 is 44.3 Å². The van der Waals surface area contributed by atoms with Gasteiger partial charge in [0.05, 0.1) is 5.92 Å². The maximum atomic E-state index is 14.7. The van der Waals surface area contributed by atoms with E-state index in [1.54, 1.807) is 12.1 Å². The zero-order valence-electron chi connectivity index (χ0n) is 20.1. The average molecular weight is 538 g/mol. The molecule has 0 amide bonds. The summed E-state index contributed by atoms with van der Waals surface area (Å²) in [5.74, 6) is -7.59. The van der Waals surface area contributed by atoms with Crippen LogP contribution in [0.1, 0.15) is 74.0 Å². The predicted molar refractivity (Wildman–Crippen MR) is 118 cm³/mol. The first-order valence-electron chi connectivity index (χ1n) is 12.4. The molecule has 0 aliphatic heterocycles. The molecule has 0 unspecified atom stereocenters. The van der Waals surface area contributed by atoms with Gasteiger partial charge in [-0.05, 0) is 87.2 Å². The minimum atomic E-state index is -5.31. The topological polar surface area (TPSA) is 9.23 Å². The van der Waals surface area contributed by atoms with Crippen molar-refractivity contribution in [3.05, 3.63) is 64.2 Å². The summed E-state index contributed by atoms with van der Waals surface area (Å²) in [4.78, 5) is 0. The second kappa shape index (κ2) is 10.4. The molecule has 2 aromatic carbocycles. The molecule has 2 aliphatic rings. The molecular weight excluding hydrogens is 511 g/mol. The maximum Gasteiger partial charge on any atom is 0.422 e. The fraction of sp³-hybridized carbons (Fsp3) is 0.556. The smallest absolute Gasteiger partial charge is 0.422 e. The van der Waals surface area contributed by atoms with E-state index in [2.05, 4.69) is 4.74 Å². The second-order valence-electron chi connectivity index (χ2n) is 10.2. The first-order valence-corrected chi connectivity index (χ1v) is 12.4. The Balaban J connectivity index is 1.32. The first kappa shape index (κ1) is 27.6. The minimum absolute atomic E-state index is 0.0843. The Morgan fingerprint density at radius 3 is 1.73 bits per heavy atom. The lowest BCUT2D eigenvalue weighted by atomic mass is 9.68. The third kappa shape index (κ3) is 5.87. The van der Waals surface area contributed by atoms with Gasteiger partial charge in [0.15, 0.2) is 11.6 Å². The molecule has 0 spiro atoms. The van der Waals surface area contributed by atoms with Crippen LogP contribution in [0, 0.1) is 47.9 Å². The van der Waals surface area contributed by atoms with E-state index in [1.165, 1.54) is 6.92 Å². The van der Waals surface area contributed by atoms with Gasteiger partial charge >= 0.3 is 12.3 Å². The summed E-state index contributed by atoms with van der Waals surface area (Å²) >= 11 is 0. The van der Waals surface area contributed by atoms with Gasteiger partial charge in [0.2, 0.25) is 0 Å². The summed E-state index contributed by atoms with van der Waals surface area (Å²) in [5.41, 5.74) is -1.53. The molecule has 2 fully saturated rings. The monoisotopic (exact) mass is 538 g/mol. The van der Waals surface area contributed by atoms with Gasteiger partial charge in [0, 0.05) is 12.1 Å². The van der Waals surface area contributed by atoms with Crippen LogP contribution in [0.2, 0.25) is 0 Å². The van der Waals surface area contributed by atoms with Crippen LogP contribution >= 0.6 is 0 Å². The van der Waals surface area contributed by atoms with Crippen LogP contribution in [0.25, 0.3) is 0 Å². The van der Waals surface area contributed by atoms with E-state index in [0.29, 0.717) is 31.2 Å². The number of rotatable bonds is 5. The van der Waals surface area contributed by atoms with E-state index in [0.717, 1.165) is 12.8 Å². The number of hydrogen-bond acceptors (Lipinski definition) is 1. The molecule has 0 aromatic heterocycles. The number of ether oxygens (including phenoxy) is 1. The fourth-order valence-corrected chi connectivity index (χ4v) is 5.92. The van der Waals surface area contributed by atoms with Gasteiger partial charge in [-0.25, -0.2) is 17.6 Å². The van der Waals surface area contributed by atoms with Crippen LogP contribution in [-0.4, -0.2) is 6.11 Å². The Morgan fingerprint density at radius 2 is 1.22 bits per heavy atom. The van der Waals surface area contributed by atoms with Crippen molar-refractivity contribution in [1.82, 2.24) is 0 Å². The van der Waals surface area contributed by atoms with Crippen molar-refractivity contribution in [1.29, 1.82) is 0 Å². The number of hydrogen-bond donors (Lipinski definition) is 0. The Labute approximate surface area is 209 Å². The van der Waals surface area contributed by atoms with E-state index in [1.807, 2.05) is 0 Å². The molecule has 0 N–H and O–H groups in total. The molecular formula is C27H27F9O. The van der Waals surface area contributed by atoms with E-state index in [4.69, 9.17) is 0 Å². The minimum Gasteiger partial charge on any atom is -0.432 e. The van der Waals surface area contributed by atoms with Gasteiger partial charge < -0.3 is 4.74 Å². The van der Waals surface area contributed by atoms with Gasteiger partial charge in [-0.15, -0.1) is 0 Å². The highest BCUT2D eigenvalue weighted by atomic mass is 19.4. The average Bonchev–Trinajstić information content (AvgIpc) is 2.81. The van der Waals surface area contributed by atoms with Crippen LogP contribution in [0.5, 0.6) is 5.75 Å².